The van der Waals surface area contributed by atoms with Gasteiger partial charge in [0.15, 0.2) is 0 Å². The number of pyridine rings is 1. The summed E-state index contributed by atoms with van der Waals surface area (Å²) >= 11 is 0. The Hall–Kier alpha value is -1.86. The predicted octanol–water partition coefficient (Wildman–Crippen LogP) is 1.79. The number of nitrogens with two attached hydrogens (primary N) is 1. The van der Waals surface area contributed by atoms with Gasteiger partial charge in [0.1, 0.15) is 5.69 Å². The third-order valence-corrected chi connectivity index (χ3v) is 3.76. The summed E-state index contributed by atoms with van der Waals surface area (Å²) in [6.07, 6.45) is 4.91. The number of carbonyl (C=O) groups excluding carboxylic acids is 1. The standard InChI is InChI=1S/C16H21N3O/c1-12-6-3-7-13(2)19(12)16(20)15-14(8-4-10-17)9-5-11-18-15/h5,9,11-13H,3,6-7,10,17H2,1-2H3/t12-,13+. The van der Waals surface area contributed by atoms with E-state index in [4.69, 9.17) is 5.73 Å². The third-order valence-electron chi connectivity index (χ3n) is 3.76. The predicted molar refractivity (Wildman–Crippen MR) is 79.1 cm³/mol. The maximum absolute atomic E-state index is 12.8. The molecule has 0 radical (unpaired) electrons. The van der Waals surface area contributed by atoms with Crippen LogP contribution in [0.25, 0.3) is 0 Å². The lowest BCUT2D eigenvalue weighted by atomic mass is 9.96. The highest BCUT2D eigenvalue weighted by atomic mass is 16.2. The van der Waals surface area contributed by atoms with Crippen LogP contribution in [0.3, 0.4) is 0 Å². The van der Waals surface area contributed by atoms with Crippen molar-refractivity contribution in [2.24, 2.45) is 5.73 Å². The van der Waals surface area contributed by atoms with Gasteiger partial charge >= 0.3 is 0 Å². The van der Waals surface area contributed by atoms with Crippen molar-refractivity contribution < 1.29 is 4.79 Å². The summed E-state index contributed by atoms with van der Waals surface area (Å²) < 4.78 is 0. The van der Waals surface area contributed by atoms with Gasteiger partial charge in [0, 0.05) is 18.3 Å². The molecule has 1 saturated heterocycles. The Morgan fingerprint density at radius 3 is 2.80 bits per heavy atom. The second-order valence-corrected chi connectivity index (χ2v) is 5.25. The van der Waals surface area contributed by atoms with Crippen LogP contribution in [0.15, 0.2) is 18.3 Å². The molecule has 2 rings (SSSR count). The van der Waals surface area contributed by atoms with E-state index in [-0.39, 0.29) is 24.5 Å². The third kappa shape index (κ3) is 3.00. The molecule has 0 spiro atoms. The van der Waals surface area contributed by atoms with Crippen LogP contribution in [0, 0.1) is 11.8 Å². The summed E-state index contributed by atoms with van der Waals surface area (Å²) in [5.74, 6) is 5.71. The molecule has 2 N–H and O–H groups in total. The highest BCUT2D eigenvalue weighted by Gasteiger charge is 2.31. The van der Waals surface area contributed by atoms with Gasteiger partial charge in [0.25, 0.3) is 5.91 Å². The number of piperidine rings is 1. The van der Waals surface area contributed by atoms with Crippen LogP contribution in [-0.4, -0.2) is 34.4 Å². The number of carbonyl (C=O) groups is 1. The molecular weight excluding hydrogens is 250 g/mol. The lowest BCUT2D eigenvalue weighted by molar-refractivity contribution is 0.0504. The van der Waals surface area contributed by atoms with Gasteiger partial charge in [-0.3, -0.25) is 4.79 Å². The van der Waals surface area contributed by atoms with Gasteiger partial charge in [-0.15, -0.1) is 0 Å². The first-order valence-electron chi connectivity index (χ1n) is 7.11. The summed E-state index contributed by atoms with van der Waals surface area (Å²) in [7, 11) is 0. The molecule has 1 aromatic heterocycles. The van der Waals surface area contributed by atoms with E-state index in [0.29, 0.717) is 11.3 Å². The monoisotopic (exact) mass is 271 g/mol. The molecule has 1 aliphatic rings. The van der Waals surface area contributed by atoms with Crippen LogP contribution in [0.5, 0.6) is 0 Å². The zero-order valence-electron chi connectivity index (χ0n) is 12.1. The van der Waals surface area contributed by atoms with E-state index in [2.05, 4.69) is 30.7 Å². The average molecular weight is 271 g/mol. The number of aromatic nitrogens is 1. The smallest absolute Gasteiger partial charge is 0.274 e. The second-order valence-electron chi connectivity index (χ2n) is 5.25. The maximum Gasteiger partial charge on any atom is 0.274 e. The highest BCUT2D eigenvalue weighted by molar-refractivity contribution is 5.95. The van der Waals surface area contributed by atoms with Crippen molar-refractivity contribution in [3.63, 3.8) is 0 Å². The lowest BCUT2D eigenvalue weighted by Crippen LogP contribution is -2.47. The van der Waals surface area contributed by atoms with Crippen molar-refractivity contribution in [1.82, 2.24) is 9.88 Å². The summed E-state index contributed by atoms with van der Waals surface area (Å²) in [4.78, 5) is 19.0. The molecule has 2 heterocycles. The molecule has 1 amide bonds. The topological polar surface area (TPSA) is 59.2 Å². The van der Waals surface area contributed by atoms with Gasteiger partial charge in [-0.25, -0.2) is 4.98 Å². The molecule has 1 aromatic rings. The lowest BCUT2D eigenvalue weighted by Gasteiger charge is -2.39. The summed E-state index contributed by atoms with van der Waals surface area (Å²) in [5, 5.41) is 0. The Morgan fingerprint density at radius 1 is 1.45 bits per heavy atom. The van der Waals surface area contributed by atoms with Crippen LogP contribution < -0.4 is 5.73 Å². The van der Waals surface area contributed by atoms with E-state index in [1.807, 2.05) is 11.0 Å². The molecule has 0 unspecified atom stereocenters. The first kappa shape index (κ1) is 14.5. The zero-order chi connectivity index (χ0) is 14.5. The molecule has 2 atom stereocenters. The molecule has 0 saturated carbocycles. The van der Waals surface area contributed by atoms with Gasteiger partial charge in [-0.05, 0) is 45.2 Å². The quantitative estimate of drug-likeness (QED) is 0.792. The Balaban J connectivity index is 2.33. The Kier molecular flexibility index (Phi) is 4.75. The minimum absolute atomic E-state index is 0.0216. The van der Waals surface area contributed by atoms with E-state index in [9.17, 15) is 4.79 Å². The second kappa shape index (κ2) is 6.53. The number of rotatable bonds is 1. The number of hydrogen-bond donors (Lipinski definition) is 1. The molecule has 106 valence electrons. The molecular formula is C16H21N3O. The fourth-order valence-corrected chi connectivity index (χ4v) is 2.77. The van der Waals surface area contributed by atoms with E-state index in [1.54, 1.807) is 12.3 Å². The van der Waals surface area contributed by atoms with Crippen molar-refractivity contribution in [3.8, 4) is 11.8 Å². The highest BCUT2D eigenvalue weighted by Crippen LogP contribution is 2.24. The van der Waals surface area contributed by atoms with Gasteiger partial charge < -0.3 is 10.6 Å². The fourth-order valence-electron chi connectivity index (χ4n) is 2.77. The number of amides is 1. The fraction of sp³-hybridized carbons (Fsp3) is 0.500. The molecule has 0 aromatic carbocycles. The molecule has 4 nitrogen and oxygen atoms in total. The summed E-state index contributed by atoms with van der Waals surface area (Å²) in [6, 6.07) is 4.12. The number of likely N-dealkylation sites (tertiary alicyclic amines) is 1. The van der Waals surface area contributed by atoms with Crippen molar-refractivity contribution in [2.45, 2.75) is 45.2 Å². The first-order valence-corrected chi connectivity index (χ1v) is 7.11. The first-order chi connectivity index (χ1) is 9.65. The van der Waals surface area contributed by atoms with Gasteiger partial charge in [-0.2, -0.15) is 0 Å². The minimum Gasteiger partial charge on any atom is -0.332 e. The van der Waals surface area contributed by atoms with Crippen LogP contribution in [0.4, 0.5) is 0 Å². The molecule has 0 aliphatic carbocycles. The summed E-state index contributed by atoms with van der Waals surface area (Å²) in [6.45, 7) is 4.47. The maximum atomic E-state index is 12.8. The molecule has 20 heavy (non-hydrogen) atoms. The average Bonchev–Trinajstić information content (AvgIpc) is 2.45. The largest absolute Gasteiger partial charge is 0.332 e. The molecule has 0 bridgehead atoms. The normalized spacial score (nSPS) is 22.1. The molecule has 1 fully saturated rings. The van der Waals surface area contributed by atoms with Gasteiger partial charge in [0.05, 0.1) is 12.1 Å². The van der Waals surface area contributed by atoms with Crippen molar-refractivity contribution >= 4 is 5.91 Å². The van der Waals surface area contributed by atoms with Crippen molar-refractivity contribution in [1.29, 1.82) is 0 Å². The Morgan fingerprint density at radius 2 is 2.15 bits per heavy atom. The van der Waals surface area contributed by atoms with Crippen LogP contribution in [-0.2, 0) is 0 Å². The number of nitrogens with zero attached hydrogens (tertiary/aromatic N) is 2. The van der Waals surface area contributed by atoms with Crippen LogP contribution in [0.1, 0.15) is 49.2 Å². The molecule has 1 aliphatic heterocycles. The number of hydrogen-bond acceptors (Lipinski definition) is 3. The van der Waals surface area contributed by atoms with E-state index < -0.39 is 0 Å². The minimum atomic E-state index is -0.0216. The van der Waals surface area contributed by atoms with Crippen molar-refractivity contribution in [3.05, 3.63) is 29.6 Å². The van der Waals surface area contributed by atoms with E-state index >= 15 is 0 Å². The van der Waals surface area contributed by atoms with Crippen molar-refractivity contribution in [2.75, 3.05) is 6.54 Å². The van der Waals surface area contributed by atoms with Gasteiger partial charge in [0.2, 0.25) is 0 Å². The van der Waals surface area contributed by atoms with Gasteiger partial charge in [-0.1, -0.05) is 11.8 Å². The molecule has 4 heteroatoms. The van der Waals surface area contributed by atoms with E-state index in [1.165, 1.54) is 6.42 Å². The van der Waals surface area contributed by atoms with Crippen LogP contribution in [0.2, 0.25) is 0 Å². The SMILES string of the molecule is C[C@@H]1CCC[C@H](C)N1C(=O)c1ncccc1C#CCN. The zero-order valence-corrected chi connectivity index (χ0v) is 12.1. The summed E-state index contributed by atoms with van der Waals surface area (Å²) in [5.41, 5.74) is 6.50. The Bertz CT molecular complexity index is 534. The van der Waals surface area contributed by atoms with E-state index in [0.717, 1.165) is 12.8 Å². The van der Waals surface area contributed by atoms with Crippen LogP contribution >= 0.6 is 0 Å². The Labute approximate surface area is 120 Å².